The summed E-state index contributed by atoms with van der Waals surface area (Å²) in [5, 5.41) is -2.10. The van der Waals surface area contributed by atoms with E-state index in [1.165, 1.54) is 6.08 Å². The fourth-order valence-corrected chi connectivity index (χ4v) is 3.37. The van der Waals surface area contributed by atoms with E-state index in [1.54, 1.807) is 30.3 Å². The van der Waals surface area contributed by atoms with E-state index in [0.29, 0.717) is 5.56 Å². The first-order chi connectivity index (χ1) is 7.71. The van der Waals surface area contributed by atoms with Crippen molar-refractivity contribution in [3.8, 4) is 0 Å². The molecule has 0 unspecified atom stereocenters. The molecule has 0 aliphatic rings. The minimum absolute atomic E-state index is 0.597. The molecule has 0 spiro atoms. The van der Waals surface area contributed by atoms with Crippen molar-refractivity contribution < 1.29 is 28.7 Å². The minimum atomic E-state index is -4.88. The van der Waals surface area contributed by atoms with Gasteiger partial charge in [-0.05, 0) is 5.56 Å². The summed E-state index contributed by atoms with van der Waals surface area (Å²) in [4.78, 5) is 35.4. The maximum atomic E-state index is 11.0. The summed E-state index contributed by atoms with van der Waals surface area (Å²) in [7, 11) is -9.77. The topological polar surface area (TPSA) is 115 Å². The average molecular weight is 278 g/mol. The van der Waals surface area contributed by atoms with Gasteiger partial charge in [-0.3, -0.25) is 9.13 Å². The van der Waals surface area contributed by atoms with Crippen LogP contribution in [0.5, 0.6) is 0 Å². The van der Waals surface area contributed by atoms with Gasteiger partial charge in [0.2, 0.25) is 0 Å². The Balaban J connectivity index is 3.01. The summed E-state index contributed by atoms with van der Waals surface area (Å²) in [6.07, 6.45) is 2.11. The van der Waals surface area contributed by atoms with Crippen LogP contribution >= 0.6 is 15.2 Å². The third-order valence-corrected chi connectivity index (χ3v) is 5.48. The monoisotopic (exact) mass is 278 g/mol. The van der Waals surface area contributed by atoms with Gasteiger partial charge in [0.1, 0.15) is 0 Å². The van der Waals surface area contributed by atoms with Crippen LogP contribution in [-0.4, -0.2) is 25.0 Å². The summed E-state index contributed by atoms with van der Waals surface area (Å²) in [5.41, 5.74) is 0.597. The van der Waals surface area contributed by atoms with Gasteiger partial charge in [-0.25, -0.2) is 0 Å². The molecule has 6 nitrogen and oxygen atoms in total. The first kappa shape index (κ1) is 14.3. The summed E-state index contributed by atoms with van der Waals surface area (Å²) >= 11 is 0. The van der Waals surface area contributed by atoms with Gasteiger partial charge in [0.05, 0.1) is 0 Å². The minimum Gasteiger partial charge on any atom is -0.324 e. The van der Waals surface area contributed by atoms with Crippen molar-refractivity contribution in [1.82, 2.24) is 0 Å². The summed E-state index contributed by atoms with van der Waals surface area (Å²) < 4.78 is 21.9. The molecule has 0 aliphatic heterocycles. The molecular weight excluding hydrogens is 266 g/mol. The largest absolute Gasteiger partial charge is 0.344 e. The van der Waals surface area contributed by atoms with Crippen molar-refractivity contribution in [2.24, 2.45) is 0 Å². The van der Waals surface area contributed by atoms with E-state index in [0.717, 1.165) is 6.08 Å². The van der Waals surface area contributed by atoms with Crippen molar-refractivity contribution in [3.05, 3.63) is 42.0 Å². The van der Waals surface area contributed by atoms with Crippen LogP contribution in [0.1, 0.15) is 5.56 Å². The molecule has 0 saturated carbocycles. The zero-order valence-corrected chi connectivity index (χ0v) is 10.4. The average Bonchev–Trinajstić information content (AvgIpc) is 2.15. The van der Waals surface area contributed by atoms with Crippen LogP contribution in [0, 0.1) is 0 Å². The summed E-state index contributed by atoms with van der Waals surface area (Å²) in [6, 6.07) is 8.44. The zero-order chi connectivity index (χ0) is 13.1. The molecule has 0 fully saturated rings. The molecule has 0 amide bonds. The number of benzene rings is 1. The van der Waals surface area contributed by atoms with Crippen LogP contribution < -0.4 is 0 Å². The van der Waals surface area contributed by atoms with Gasteiger partial charge in [0.15, 0.2) is 5.40 Å². The molecule has 8 heteroatoms. The van der Waals surface area contributed by atoms with E-state index in [2.05, 4.69) is 0 Å². The SMILES string of the molecule is O=P(O)(O)C(C=Cc1ccccc1)P(=O)(O)O. The Kier molecular flexibility index (Phi) is 4.44. The third-order valence-electron chi connectivity index (χ3n) is 1.95. The van der Waals surface area contributed by atoms with Crippen LogP contribution in [0.4, 0.5) is 0 Å². The van der Waals surface area contributed by atoms with Gasteiger partial charge < -0.3 is 19.6 Å². The smallest absolute Gasteiger partial charge is 0.324 e. The normalized spacial score (nSPS) is 13.5. The van der Waals surface area contributed by atoms with Gasteiger partial charge in [0.25, 0.3) is 0 Å². The number of hydrogen-bond acceptors (Lipinski definition) is 2. The first-order valence-corrected chi connectivity index (χ1v) is 7.91. The Morgan fingerprint density at radius 3 is 1.82 bits per heavy atom. The summed E-state index contributed by atoms with van der Waals surface area (Å²) in [6.45, 7) is 0. The quantitative estimate of drug-likeness (QED) is 0.618. The van der Waals surface area contributed by atoms with E-state index >= 15 is 0 Å². The van der Waals surface area contributed by atoms with Crippen molar-refractivity contribution in [2.45, 2.75) is 5.40 Å². The fraction of sp³-hybridized carbons (Fsp3) is 0.111. The third kappa shape index (κ3) is 4.56. The fourth-order valence-electron chi connectivity index (χ4n) is 1.18. The van der Waals surface area contributed by atoms with Gasteiger partial charge in [0, 0.05) is 0 Å². The van der Waals surface area contributed by atoms with Gasteiger partial charge in [-0.15, -0.1) is 0 Å². The maximum Gasteiger partial charge on any atom is 0.344 e. The molecule has 0 saturated heterocycles. The van der Waals surface area contributed by atoms with Crippen LogP contribution in [0.3, 0.4) is 0 Å². The van der Waals surface area contributed by atoms with Gasteiger partial charge in [-0.2, -0.15) is 0 Å². The lowest BCUT2D eigenvalue weighted by Crippen LogP contribution is -2.05. The molecule has 0 heterocycles. The highest BCUT2D eigenvalue weighted by Gasteiger charge is 2.41. The lowest BCUT2D eigenvalue weighted by atomic mass is 10.2. The molecule has 0 radical (unpaired) electrons. The molecule has 4 N–H and O–H groups in total. The van der Waals surface area contributed by atoms with Crippen LogP contribution in [0.15, 0.2) is 36.4 Å². The lowest BCUT2D eigenvalue weighted by molar-refractivity contribution is 0.347. The van der Waals surface area contributed by atoms with E-state index in [1.807, 2.05) is 0 Å². The van der Waals surface area contributed by atoms with Gasteiger partial charge >= 0.3 is 15.2 Å². The Hall–Kier alpha value is -0.740. The first-order valence-electron chi connectivity index (χ1n) is 4.55. The molecule has 1 rings (SSSR count). The maximum absolute atomic E-state index is 11.0. The summed E-state index contributed by atoms with van der Waals surface area (Å²) in [5.74, 6) is 0. The second-order valence-corrected chi connectivity index (χ2v) is 7.24. The zero-order valence-electron chi connectivity index (χ0n) is 8.62. The molecular formula is C9H12O6P2. The van der Waals surface area contributed by atoms with Crippen molar-refractivity contribution in [3.63, 3.8) is 0 Å². The molecule has 1 aromatic rings. The predicted molar refractivity (Wildman–Crippen MR) is 63.4 cm³/mol. The number of hydrogen-bond donors (Lipinski definition) is 4. The Labute approximate surface area is 97.9 Å². The molecule has 17 heavy (non-hydrogen) atoms. The second-order valence-electron chi connectivity index (χ2n) is 3.36. The molecule has 0 aliphatic carbocycles. The Morgan fingerprint density at radius 2 is 1.41 bits per heavy atom. The highest BCUT2D eigenvalue weighted by atomic mass is 31.2. The molecule has 1 aromatic carbocycles. The standard InChI is InChI=1S/C9H12O6P2/c10-16(11,12)9(17(13,14)15)7-6-8-4-2-1-3-5-8/h1-7,9H,(H2,10,11,12)(H2,13,14,15). The van der Waals surface area contributed by atoms with Crippen LogP contribution in [-0.2, 0) is 9.13 Å². The Morgan fingerprint density at radius 1 is 0.941 bits per heavy atom. The Bertz CT molecular complexity index is 463. The molecule has 0 bridgehead atoms. The van der Waals surface area contributed by atoms with Crippen molar-refractivity contribution in [2.75, 3.05) is 0 Å². The molecule has 0 atom stereocenters. The number of rotatable bonds is 4. The predicted octanol–water partition coefficient (Wildman–Crippen LogP) is 1.38. The van der Waals surface area contributed by atoms with Crippen molar-refractivity contribution in [1.29, 1.82) is 0 Å². The van der Waals surface area contributed by atoms with E-state index in [4.69, 9.17) is 19.6 Å². The highest BCUT2D eigenvalue weighted by Crippen LogP contribution is 2.60. The second kappa shape index (κ2) is 5.27. The molecule has 94 valence electrons. The number of allylic oxidation sites excluding steroid dienone is 1. The van der Waals surface area contributed by atoms with Gasteiger partial charge in [-0.1, -0.05) is 42.5 Å². The lowest BCUT2D eigenvalue weighted by Gasteiger charge is -2.15. The van der Waals surface area contributed by atoms with E-state index in [-0.39, 0.29) is 0 Å². The highest BCUT2D eigenvalue weighted by molar-refractivity contribution is 7.71. The van der Waals surface area contributed by atoms with Crippen molar-refractivity contribution >= 4 is 21.3 Å². The van der Waals surface area contributed by atoms with E-state index < -0.39 is 20.6 Å². The molecule has 0 aromatic heterocycles. The van der Waals surface area contributed by atoms with Crippen LogP contribution in [0.25, 0.3) is 6.08 Å². The van der Waals surface area contributed by atoms with E-state index in [9.17, 15) is 9.13 Å². The van der Waals surface area contributed by atoms with Crippen LogP contribution in [0.2, 0.25) is 0 Å².